The topological polar surface area (TPSA) is 24.9 Å². The molecule has 0 radical (unpaired) electrons. The maximum absolute atomic E-state index is 6.25. The van der Waals surface area contributed by atoms with Crippen molar-refractivity contribution in [2.45, 2.75) is 37.6 Å². The minimum Gasteiger partial charge on any atom is -0.363 e. The highest BCUT2D eigenvalue weighted by atomic mass is 35.5. The van der Waals surface area contributed by atoms with Gasteiger partial charge in [0.2, 0.25) is 0 Å². The third-order valence-electron chi connectivity index (χ3n) is 4.12. The maximum Gasteiger partial charge on any atom is 0.134 e. The number of anilines is 1. The van der Waals surface area contributed by atoms with Crippen LogP contribution in [0.4, 0.5) is 5.82 Å². The van der Waals surface area contributed by atoms with Gasteiger partial charge < -0.3 is 5.32 Å². The van der Waals surface area contributed by atoms with Gasteiger partial charge in [0, 0.05) is 17.5 Å². The van der Waals surface area contributed by atoms with Crippen molar-refractivity contribution in [1.82, 2.24) is 4.98 Å². The van der Waals surface area contributed by atoms with Crippen molar-refractivity contribution >= 4 is 28.2 Å². The molecule has 19 heavy (non-hydrogen) atoms. The number of nitrogens with one attached hydrogen (secondary N) is 1. The second-order valence-electron chi connectivity index (χ2n) is 5.48. The Labute approximate surface area is 119 Å². The summed E-state index contributed by atoms with van der Waals surface area (Å²) in [5.41, 5.74) is 0.0247. The third kappa shape index (κ3) is 2.55. The molecule has 1 aliphatic rings. The molecule has 1 heterocycles. The molecule has 0 atom stereocenters. The van der Waals surface area contributed by atoms with E-state index in [0.717, 1.165) is 18.7 Å². The highest BCUT2D eigenvalue weighted by Gasteiger charge is 2.31. The number of hydrogen-bond acceptors (Lipinski definition) is 2. The van der Waals surface area contributed by atoms with E-state index >= 15 is 0 Å². The van der Waals surface area contributed by atoms with Crippen LogP contribution in [0.5, 0.6) is 0 Å². The molecule has 0 amide bonds. The van der Waals surface area contributed by atoms with E-state index in [2.05, 4.69) is 40.6 Å². The van der Waals surface area contributed by atoms with E-state index < -0.39 is 0 Å². The van der Waals surface area contributed by atoms with Gasteiger partial charge in [-0.25, -0.2) is 4.98 Å². The Morgan fingerprint density at radius 2 is 1.89 bits per heavy atom. The molecule has 0 aliphatic heterocycles. The minimum absolute atomic E-state index is 0.0247. The molecule has 1 aromatic heterocycles. The molecule has 3 heteroatoms. The summed E-state index contributed by atoms with van der Waals surface area (Å²) >= 11 is 6.25. The standard InChI is InChI=1S/C16H19ClN2/c17-12-16(9-4-1-5-10-16)19-15-14-7-3-2-6-13(14)8-11-18-15/h2-3,6-8,11H,1,4-5,9-10,12H2,(H,18,19). The van der Waals surface area contributed by atoms with Crippen LogP contribution in [0.25, 0.3) is 10.8 Å². The summed E-state index contributed by atoms with van der Waals surface area (Å²) in [5.74, 6) is 1.62. The Hall–Kier alpha value is -1.28. The van der Waals surface area contributed by atoms with E-state index in [1.54, 1.807) is 0 Å². The lowest BCUT2D eigenvalue weighted by Gasteiger charge is -2.37. The van der Waals surface area contributed by atoms with Crippen molar-refractivity contribution in [1.29, 1.82) is 0 Å². The summed E-state index contributed by atoms with van der Waals surface area (Å²) in [6.07, 6.45) is 7.98. The molecule has 1 aliphatic carbocycles. The van der Waals surface area contributed by atoms with Crippen molar-refractivity contribution in [2.24, 2.45) is 0 Å². The van der Waals surface area contributed by atoms with Crippen LogP contribution in [0.3, 0.4) is 0 Å². The van der Waals surface area contributed by atoms with Gasteiger partial charge in [0.15, 0.2) is 0 Å². The average Bonchev–Trinajstić information content (AvgIpc) is 2.49. The number of alkyl halides is 1. The summed E-state index contributed by atoms with van der Waals surface area (Å²) in [6, 6.07) is 10.4. The normalized spacial score (nSPS) is 18.4. The van der Waals surface area contributed by atoms with Gasteiger partial charge in [-0.2, -0.15) is 0 Å². The van der Waals surface area contributed by atoms with Gasteiger partial charge in [0.1, 0.15) is 5.82 Å². The van der Waals surface area contributed by atoms with Crippen LogP contribution < -0.4 is 5.32 Å². The first kappa shape index (κ1) is 12.7. The summed E-state index contributed by atoms with van der Waals surface area (Å²) < 4.78 is 0. The quantitative estimate of drug-likeness (QED) is 0.828. The SMILES string of the molecule is ClCC1(Nc2nccc3ccccc23)CCCCC1. The summed E-state index contributed by atoms with van der Waals surface area (Å²) in [6.45, 7) is 0. The molecule has 1 saturated carbocycles. The summed E-state index contributed by atoms with van der Waals surface area (Å²) in [7, 11) is 0. The Bertz CT molecular complexity index is 556. The van der Waals surface area contributed by atoms with Gasteiger partial charge in [-0.05, 0) is 24.3 Å². The average molecular weight is 275 g/mol. The molecular weight excluding hydrogens is 256 g/mol. The zero-order valence-electron chi connectivity index (χ0n) is 11.0. The Morgan fingerprint density at radius 3 is 2.68 bits per heavy atom. The molecule has 1 N–H and O–H groups in total. The lowest BCUT2D eigenvalue weighted by molar-refractivity contribution is 0.353. The number of aromatic nitrogens is 1. The van der Waals surface area contributed by atoms with Crippen molar-refractivity contribution in [3.05, 3.63) is 36.5 Å². The minimum atomic E-state index is 0.0247. The van der Waals surface area contributed by atoms with Crippen molar-refractivity contribution in [2.75, 3.05) is 11.2 Å². The molecule has 0 saturated heterocycles. The number of benzene rings is 1. The number of nitrogens with zero attached hydrogens (tertiary/aromatic N) is 1. The molecule has 1 fully saturated rings. The van der Waals surface area contributed by atoms with Gasteiger partial charge in [-0.3, -0.25) is 0 Å². The van der Waals surface area contributed by atoms with Gasteiger partial charge in [0.05, 0.1) is 5.54 Å². The molecule has 100 valence electrons. The summed E-state index contributed by atoms with van der Waals surface area (Å²) in [4.78, 5) is 4.52. The number of rotatable bonds is 3. The first-order chi connectivity index (χ1) is 9.33. The smallest absolute Gasteiger partial charge is 0.134 e. The van der Waals surface area contributed by atoms with Crippen LogP contribution in [0.15, 0.2) is 36.5 Å². The number of fused-ring (bicyclic) bond motifs is 1. The lowest BCUT2D eigenvalue weighted by Crippen LogP contribution is -2.42. The van der Waals surface area contributed by atoms with Crippen molar-refractivity contribution in [3.8, 4) is 0 Å². The van der Waals surface area contributed by atoms with Crippen LogP contribution in [0, 0.1) is 0 Å². The zero-order valence-corrected chi connectivity index (χ0v) is 11.8. The van der Waals surface area contributed by atoms with Crippen LogP contribution >= 0.6 is 11.6 Å². The van der Waals surface area contributed by atoms with E-state index in [1.807, 2.05) is 6.20 Å². The van der Waals surface area contributed by atoms with Crippen LogP contribution in [-0.2, 0) is 0 Å². The van der Waals surface area contributed by atoms with E-state index in [-0.39, 0.29) is 5.54 Å². The van der Waals surface area contributed by atoms with Crippen molar-refractivity contribution < 1.29 is 0 Å². The number of pyridine rings is 1. The molecule has 1 aromatic carbocycles. The summed E-state index contributed by atoms with van der Waals surface area (Å²) in [5, 5.41) is 6.05. The number of hydrogen-bond donors (Lipinski definition) is 1. The van der Waals surface area contributed by atoms with E-state index in [4.69, 9.17) is 11.6 Å². The molecule has 0 spiro atoms. The van der Waals surface area contributed by atoms with E-state index in [0.29, 0.717) is 5.88 Å². The fraction of sp³-hybridized carbons (Fsp3) is 0.438. The Morgan fingerprint density at radius 1 is 1.11 bits per heavy atom. The maximum atomic E-state index is 6.25. The second kappa shape index (κ2) is 5.38. The predicted octanol–water partition coefficient (Wildman–Crippen LogP) is 4.59. The largest absolute Gasteiger partial charge is 0.363 e. The molecular formula is C16H19ClN2. The van der Waals surface area contributed by atoms with Gasteiger partial charge in [-0.15, -0.1) is 11.6 Å². The second-order valence-corrected chi connectivity index (χ2v) is 5.75. The van der Waals surface area contributed by atoms with Crippen molar-refractivity contribution in [3.63, 3.8) is 0 Å². The highest BCUT2D eigenvalue weighted by molar-refractivity contribution is 6.19. The van der Waals surface area contributed by atoms with Crippen LogP contribution in [0.1, 0.15) is 32.1 Å². The highest BCUT2D eigenvalue weighted by Crippen LogP contribution is 2.34. The van der Waals surface area contributed by atoms with Crippen LogP contribution in [-0.4, -0.2) is 16.4 Å². The predicted molar refractivity (Wildman–Crippen MR) is 81.9 cm³/mol. The number of halogens is 1. The fourth-order valence-electron chi connectivity index (χ4n) is 2.99. The van der Waals surface area contributed by atoms with Gasteiger partial charge in [-0.1, -0.05) is 43.5 Å². The van der Waals surface area contributed by atoms with E-state index in [1.165, 1.54) is 30.0 Å². The molecule has 0 unspecified atom stereocenters. The molecule has 3 rings (SSSR count). The molecule has 2 nitrogen and oxygen atoms in total. The Balaban J connectivity index is 1.96. The van der Waals surface area contributed by atoms with E-state index in [9.17, 15) is 0 Å². The lowest BCUT2D eigenvalue weighted by atomic mass is 9.83. The molecule has 2 aromatic rings. The molecule has 0 bridgehead atoms. The van der Waals surface area contributed by atoms with Gasteiger partial charge >= 0.3 is 0 Å². The first-order valence-electron chi connectivity index (χ1n) is 7.01. The third-order valence-corrected chi connectivity index (χ3v) is 4.64. The van der Waals surface area contributed by atoms with Gasteiger partial charge in [0.25, 0.3) is 0 Å². The Kier molecular flexibility index (Phi) is 3.61. The fourth-order valence-corrected chi connectivity index (χ4v) is 3.33. The van der Waals surface area contributed by atoms with Crippen LogP contribution in [0.2, 0.25) is 0 Å². The monoisotopic (exact) mass is 274 g/mol. The first-order valence-corrected chi connectivity index (χ1v) is 7.54. The zero-order chi connectivity index (χ0) is 13.1.